The van der Waals surface area contributed by atoms with Crippen molar-refractivity contribution in [2.75, 3.05) is 13.1 Å². The van der Waals surface area contributed by atoms with Crippen molar-refractivity contribution in [3.8, 4) is 0 Å². The van der Waals surface area contributed by atoms with E-state index in [1.54, 1.807) is 16.4 Å². The van der Waals surface area contributed by atoms with E-state index in [-0.39, 0.29) is 0 Å². The third-order valence-electron chi connectivity index (χ3n) is 2.82. The van der Waals surface area contributed by atoms with Crippen LogP contribution in [0.4, 0.5) is 0 Å². The van der Waals surface area contributed by atoms with Gasteiger partial charge in [0, 0.05) is 13.1 Å². The first-order chi connectivity index (χ1) is 7.60. The van der Waals surface area contributed by atoms with Crippen molar-refractivity contribution in [3.05, 3.63) is 36.2 Å². The smallest absolute Gasteiger partial charge is 0.207 e. The zero-order valence-corrected chi connectivity index (χ0v) is 10.2. The lowest BCUT2D eigenvalue weighted by Crippen LogP contribution is -2.35. The lowest BCUT2D eigenvalue weighted by Gasteiger charge is -2.25. The topological polar surface area (TPSA) is 37.4 Å². The van der Waals surface area contributed by atoms with Gasteiger partial charge in [-0.05, 0) is 38.3 Å². The standard InChI is InChI=1S/C12H16NO2S/c1-11-5-7-12(8-6-11)16(14,15)13-9-3-2-4-10-13/h2,5-8H,3-4,9-10H2,1H3. The van der Waals surface area contributed by atoms with Crippen molar-refractivity contribution in [2.24, 2.45) is 0 Å². The third kappa shape index (κ3) is 2.28. The number of aryl methyl sites for hydroxylation is 1. The molecule has 1 saturated heterocycles. The molecule has 3 nitrogen and oxygen atoms in total. The number of piperidine rings is 1. The lowest BCUT2D eigenvalue weighted by atomic mass is 10.2. The number of hydrogen-bond acceptors (Lipinski definition) is 2. The second kappa shape index (κ2) is 4.55. The van der Waals surface area contributed by atoms with Crippen molar-refractivity contribution in [3.63, 3.8) is 0 Å². The quantitative estimate of drug-likeness (QED) is 0.790. The summed E-state index contributed by atoms with van der Waals surface area (Å²) in [5, 5.41) is 0. The average molecular weight is 238 g/mol. The van der Waals surface area contributed by atoms with Crippen LogP contribution in [-0.4, -0.2) is 25.8 Å². The molecule has 1 fully saturated rings. The van der Waals surface area contributed by atoms with Crippen molar-refractivity contribution in [1.82, 2.24) is 4.31 Å². The molecule has 1 aromatic carbocycles. The molecule has 1 radical (unpaired) electrons. The van der Waals surface area contributed by atoms with Gasteiger partial charge in [-0.25, -0.2) is 8.42 Å². The Morgan fingerprint density at radius 2 is 1.62 bits per heavy atom. The highest BCUT2D eigenvalue weighted by atomic mass is 32.2. The summed E-state index contributed by atoms with van der Waals surface area (Å²) in [6.07, 6.45) is 3.84. The molecule has 0 aromatic heterocycles. The summed E-state index contributed by atoms with van der Waals surface area (Å²) in [7, 11) is -3.27. The van der Waals surface area contributed by atoms with Crippen LogP contribution in [0, 0.1) is 13.3 Å². The van der Waals surface area contributed by atoms with Crippen LogP contribution in [0.2, 0.25) is 0 Å². The third-order valence-corrected chi connectivity index (χ3v) is 4.74. The lowest BCUT2D eigenvalue weighted by molar-refractivity contribution is 0.384. The monoisotopic (exact) mass is 238 g/mol. The summed E-state index contributed by atoms with van der Waals surface area (Å²) >= 11 is 0. The Kier molecular flexibility index (Phi) is 3.30. The highest BCUT2D eigenvalue weighted by Gasteiger charge is 2.25. The molecule has 4 heteroatoms. The van der Waals surface area contributed by atoms with Crippen LogP contribution in [0.25, 0.3) is 0 Å². The Morgan fingerprint density at radius 3 is 2.19 bits per heavy atom. The van der Waals surface area contributed by atoms with Gasteiger partial charge in [0.1, 0.15) is 0 Å². The summed E-state index contributed by atoms with van der Waals surface area (Å²) in [5.74, 6) is 0. The molecule has 1 heterocycles. The summed E-state index contributed by atoms with van der Waals surface area (Å²) < 4.78 is 26.0. The predicted octanol–water partition coefficient (Wildman–Crippen LogP) is 1.98. The van der Waals surface area contributed by atoms with Crippen LogP contribution >= 0.6 is 0 Å². The second-order valence-electron chi connectivity index (χ2n) is 4.08. The Bertz CT molecular complexity index is 444. The van der Waals surface area contributed by atoms with Crippen LogP contribution in [0.1, 0.15) is 18.4 Å². The molecule has 0 saturated carbocycles. The first-order valence-corrected chi connectivity index (χ1v) is 6.93. The second-order valence-corrected chi connectivity index (χ2v) is 6.02. The van der Waals surface area contributed by atoms with Gasteiger partial charge in [0.15, 0.2) is 0 Å². The van der Waals surface area contributed by atoms with Gasteiger partial charge in [0.2, 0.25) is 10.0 Å². The van der Waals surface area contributed by atoms with Crippen LogP contribution < -0.4 is 0 Å². The Hall–Kier alpha value is -0.870. The highest BCUT2D eigenvalue weighted by molar-refractivity contribution is 7.89. The average Bonchev–Trinajstić information content (AvgIpc) is 2.31. The molecule has 1 aliphatic heterocycles. The van der Waals surface area contributed by atoms with Crippen LogP contribution in [0.3, 0.4) is 0 Å². The van der Waals surface area contributed by atoms with E-state index >= 15 is 0 Å². The molecule has 16 heavy (non-hydrogen) atoms. The van der Waals surface area contributed by atoms with Crippen molar-refractivity contribution >= 4 is 10.0 Å². The Balaban J connectivity index is 2.27. The molecule has 87 valence electrons. The van der Waals surface area contributed by atoms with Crippen molar-refractivity contribution in [2.45, 2.75) is 24.7 Å². The molecule has 0 unspecified atom stereocenters. The van der Waals surface area contributed by atoms with Gasteiger partial charge in [0.05, 0.1) is 4.90 Å². The van der Waals surface area contributed by atoms with Crippen LogP contribution in [-0.2, 0) is 10.0 Å². The number of rotatable bonds is 2. The zero-order chi connectivity index (χ0) is 11.6. The van der Waals surface area contributed by atoms with E-state index in [1.165, 1.54) is 0 Å². The number of hydrogen-bond donors (Lipinski definition) is 0. The van der Waals surface area contributed by atoms with E-state index in [2.05, 4.69) is 6.42 Å². The fourth-order valence-corrected chi connectivity index (χ4v) is 3.30. The Labute approximate surface area is 97.1 Å². The maximum atomic E-state index is 12.2. The van der Waals surface area contributed by atoms with E-state index in [0.29, 0.717) is 18.0 Å². The van der Waals surface area contributed by atoms with Crippen LogP contribution in [0.15, 0.2) is 29.2 Å². The van der Waals surface area contributed by atoms with Gasteiger partial charge in [0.25, 0.3) is 0 Å². The van der Waals surface area contributed by atoms with Gasteiger partial charge < -0.3 is 0 Å². The summed E-state index contributed by atoms with van der Waals surface area (Å²) in [6.45, 7) is 3.17. The first kappa shape index (κ1) is 11.6. The number of nitrogens with zero attached hydrogens (tertiary/aromatic N) is 1. The molecular formula is C12H16NO2S. The predicted molar refractivity (Wildman–Crippen MR) is 63.5 cm³/mol. The van der Waals surface area contributed by atoms with E-state index in [1.807, 2.05) is 19.1 Å². The zero-order valence-electron chi connectivity index (χ0n) is 9.39. The molecule has 0 bridgehead atoms. The minimum absolute atomic E-state index is 0.403. The van der Waals surface area contributed by atoms with E-state index in [4.69, 9.17) is 0 Å². The summed E-state index contributed by atoms with van der Waals surface area (Å²) in [6, 6.07) is 7.04. The largest absolute Gasteiger partial charge is 0.243 e. The van der Waals surface area contributed by atoms with Gasteiger partial charge in [-0.15, -0.1) is 0 Å². The molecule has 1 aromatic rings. The van der Waals surface area contributed by atoms with E-state index < -0.39 is 10.0 Å². The fourth-order valence-electron chi connectivity index (χ4n) is 1.83. The van der Waals surface area contributed by atoms with Crippen molar-refractivity contribution in [1.29, 1.82) is 0 Å². The molecule has 0 aliphatic carbocycles. The molecule has 0 spiro atoms. The highest BCUT2D eigenvalue weighted by Crippen LogP contribution is 2.20. The summed E-state index contributed by atoms with van der Waals surface area (Å²) in [5.41, 5.74) is 1.07. The molecule has 0 atom stereocenters. The maximum Gasteiger partial charge on any atom is 0.243 e. The SMILES string of the molecule is Cc1ccc(S(=O)(=O)N2CC[CH]CC2)cc1. The normalized spacial score (nSPS) is 18.6. The molecule has 1 aliphatic rings. The maximum absolute atomic E-state index is 12.2. The Morgan fingerprint density at radius 1 is 1.06 bits per heavy atom. The molecule has 0 amide bonds. The van der Waals surface area contributed by atoms with Crippen LogP contribution in [0.5, 0.6) is 0 Å². The van der Waals surface area contributed by atoms with E-state index in [9.17, 15) is 8.42 Å². The van der Waals surface area contributed by atoms with Crippen molar-refractivity contribution < 1.29 is 8.42 Å². The molecular weight excluding hydrogens is 222 g/mol. The van der Waals surface area contributed by atoms with Gasteiger partial charge in [-0.3, -0.25) is 0 Å². The fraction of sp³-hybridized carbons (Fsp3) is 0.417. The van der Waals surface area contributed by atoms with Gasteiger partial charge in [-0.1, -0.05) is 17.7 Å². The molecule has 0 N–H and O–H groups in total. The minimum atomic E-state index is -3.27. The van der Waals surface area contributed by atoms with Gasteiger partial charge >= 0.3 is 0 Å². The first-order valence-electron chi connectivity index (χ1n) is 5.49. The summed E-state index contributed by atoms with van der Waals surface area (Å²) in [4.78, 5) is 0.403. The van der Waals surface area contributed by atoms with E-state index in [0.717, 1.165) is 18.4 Å². The molecule has 2 rings (SSSR count). The van der Waals surface area contributed by atoms with Gasteiger partial charge in [-0.2, -0.15) is 4.31 Å². The number of benzene rings is 1. The minimum Gasteiger partial charge on any atom is -0.207 e. The number of sulfonamides is 1.